The summed E-state index contributed by atoms with van der Waals surface area (Å²) in [6.07, 6.45) is -4.63. The van der Waals surface area contributed by atoms with Gasteiger partial charge in [-0.2, -0.15) is 13.2 Å². The Hall–Kier alpha value is -1.54. The second kappa shape index (κ2) is 5.10. The molecule has 1 aromatic heterocycles. The molecule has 0 unspecified atom stereocenters. The van der Waals surface area contributed by atoms with E-state index in [-0.39, 0.29) is 15.5 Å². The Morgan fingerprint density at radius 3 is 2.50 bits per heavy atom. The molecule has 0 aliphatic rings. The fraction of sp³-hybridized carbons (Fsp3) is 0.273. The van der Waals surface area contributed by atoms with Gasteiger partial charge in [0.1, 0.15) is 0 Å². The summed E-state index contributed by atoms with van der Waals surface area (Å²) in [6.45, 7) is 0. The zero-order valence-electron chi connectivity index (χ0n) is 10.5. The van der Waals surface area contributed by atoms with Gasteiger partial charge < -0.3 is 5.32 Å². The minimum atomic E-state index is -4.63. The second-order valence-corrected chi connectivity index (χ2v) is 4.75. The molecule has 0 aliphatic heterocycles. The van der Waals surface area contributed by atoms with Crippen molar-refractivity contribution in [2.24, 2.45) is 7.05 Å². The molecule has 0 amide bonds. The summed E-state index contributed by atoms with van der Waals surface area (Å²) in [6, 6.07) is 4.59. The predicted molar refractivity (Wildman–Crippen MR) is 72.9 cm³/mol. The number of benzene rings is 1. The molecule has 0 atom stereocenters. The SMILES string of the molecule is CNc1ccc(-n2c(C(F)(F)F)nn(C)c2=S)c(Cl)c1. The first kappa shape index (κ1) is 14.9. The zero-order chi connectivity index (χ0) is 15.1. The van der Waals surface area contributed by atoms with Gasteiger partial charge >= 0.3 is 6.18 Å². The molecule has 2 rings (SSSR count). The van der Waals surface area contributed by atoms with Crippen LogP contribution in [0.25, 0.3) is 5.69 Å². The summed E-state index contributed by atoms with van der Waals surface area (Å²) in [5.74, 6) is -1.11. The van der Waals surface area contributed by atoms with E-state index < -0.39 is 12.0 Å². The van der Waals surface area contributed by atoms with Crippen LogP contribution in [0.5, 0.6) is 0 Å². The molecule has 9 heteroatoms. The van der Waals surface area contributed by atoms with Crippen LogP contribution in [0.4, 0.5) is 18.9 Å². The number of aryl methyl sites for hydroxylation is 1. The van der Waals surface area contributed by atoms with Gasteiger partial charge in [0.2, 0.25) is 10.6 Å². The quantitative estimate of drug-likeness (QED) is 0.857. The Morgan fingerprint density at radius 1 is 1.35 bits per heavy atom. The minimum absolute atomic E-state index is 0.0866. The molecule has 1 heterocycles. The smallest absolute Gasteiger partial charge is 0.388 e. The van der Waals surface area contributed by atoms with Gasteiger partial charge in [-0.3, -0.25) is 4.57 Å². The predicted octanol–water partition coefficient (Wildman–Crippen LogP) is 3.65. The third kappa shape index (κ3) is 2.53. The Morgan fingerprint density at radius 2 is 2.00 bits per heavy atom. The summed E-state index contributed by atoms with van der Waals surface area (Å²) in [4.78, 5) is 0. The number of hydrogen-bond donors (Lipinski definition) is 1. The second-order valence-electron chi connectivity index (χ2n) is 3.98. The van der Waals surface area contributed by atoms with Gasteiger partial charge in [0.15, 0.2) is 0 Å². The monoisotopic (exact) mass is 322 g/mol. The molecule has 0 aliphatic carbocycles. The summed E-state index contributed by atoms with van der Waals surface area (Å²) < 4.78 is 40.7. The fourth-order valence-corrected chi connectivity index (χ4v) is 2.20. The van der Waals surface area contributed by atoms with E-state index in [0.29, 0.717) is 5.69 Å². The van der Waals surface area contributed by atoms with Crippen molar-refractivity contribution in [2.45, 2.75) is 6.18 Å². The average molecular weight is 323 g/mol. The molecule has 1 aromatic carbocycles. The van der Waals surface area contributed by atoms with Crippen LogP contribution in [0.1, 0.15) is 5.82 Å². The normalized spacial score (nSPS) is 11.7. The number of rotatable bonds is 2. The van der Waals surface area contributed by atoms with E-state index in [2.05, 4.69) is 10.4 Å². The van der Waals surface area contributed by atoms with Crippen molar-refractivity contribution in [3.8, 4) is 5.69 Å². The number of hydrogen-bond acceptors (Lipinski definition) is 3. The molecule has 2 aromatic rings. The Kier molecular flexibility index (Phi) is 3.79. The maximum atomic E-state index is 13.0. The highest BCUT2D eigenvalue weighted by atomic mass is 35.5. The lowest BCUT2D eigenvalue weighted by molar-refractivity contribution is -0.146. The van der Waals surface area contributed by atoms with Crippen LogP contribution in [0.2, 0.25) is 5.02 Å². The van der Waals surface area contributed by atoms with Gasteiger partial charge in [0, 0.05) is 19.8 Å². The van der Waals surface area contributed by atoms with Crippen LogP contribution < -0.4 is 5.32 Å². The zero-order valence-corrected chi connectivity index (χ0v) is 12.1. The highest BCUT2D eigenvalue weighted by Gasteiger charge is 2.38. The van der Waals surface area contributed by atoms with E-state index in [1.807, 2.05) is 0 Å². The van der Waals surface area contributed by atoms with Crippen molar-refractivity contribution in [1.82, 2.24) is 14.3 Å². The molecule has 0 fully saturated rings. The lowest BCUT2D eigenvalue weighted by atomic mass is 10.2. The largest absolute Gasteiger partial charge is 0.452 e. The molecule has 108 valence electrons. The van der Waals surface area contributed by atoms with Gasteiger partial charge in [-0.05, 0) is 30.4 Å². The first-order chi connectivity index (χ1) is 9.25. The summed E-state index contributed by atoms with van der Waals surface area (Å²) >= 11 is 11.0. The molecular weight excluding hydrogens is 313 g/mol. The maximum absolute atomic E-state index is 13.0. The van der Waals surface area contributed by atoms with E-state index in [4.69, 9.17) is 23.8 Å². The van der Waals surface area contributed by atoms with Crippen LogP contribution >= 0.6 is 23.8 Å². The Bertz CT molecular complexity index is 705. The third-order valence-corrected chi connectivity index (χ3v) is 3.40. The highest BCUT2D eigenvalue weighted by Crippen LogP contribution is 2.33. The van der Waals surface area contributed by atoms with Gasteiger partial charge in [0.25, 0.3) is 0 Å². The van der Waals surface area contributed by atoms with Crippen molar-refractivity contribution in [1.29, 1.82) is 0 Å². The number of nitrogens with zero attached hydrogens (tertiary/aromatic N) is 3. The summed E-state index contributed by atoms with van der Waals surface area (Å²) in [5, 5.41) is 6.41. The van der Waals surface area contributed by atoms with Crippen molar-refractivity contribution < 1.29 is 13.2 Å². The summed E-state index contributed by atoms with van der Waals surface area (Å²) in [5.41, 5.74) is 0.818. The Labute approximate surface area is 122 Å². The van der Waals surface area contributed by atoms with E-state index in [1.54, 1.807) is 13.1 Å². The minimum Gasteiger partial charge on any atom is -0.388 e. The molecule has 0 saturated heterocycles. The molecule has 0 bridgehead atoms. The molecule has 0 saturated carbocycles. The number of alkyl halides is 3. The van der Waals surface area contributed by atoms with Crippen LogP contribution in [0, 0.1) is 4.77 Å². The van der Waals surface area contributed by atoms with Crippen molar-refractivity contribution in [3.63, 3.8) is 0 Å². The lowest BCUT2D eigenvalue weighted by Crippen LogP contribution is -2.14. The first-order valence-electron chi connectivity index (χ1n) is 5.46. The van der Waals surface area contributed by atoms with E-state index >= 15 is 0 Å². The first-order valence-corrected chi connectivity index (χ1v) is 6.25. The van der Waals surface area contributed by atoms with Crippen LogP contribution in [-0.4, -0.2) is 21.4 Å². The number of nitrogens with one attached hydrogen (secondary N) is 1. The molecule has 20 heavy (non-hydrogen) atoms. The lowest BCUT2D eigenvalue weighted by Gasteiger charge is -2.11. The van der Waals surface area contributed by atoms with E-state index in [0.717, 1.165) is 9.25 Å². The van der Waals surface area contributed by atoms with Gasteiger partial charge in [-0.15, -0.1) is 5.10 Å². The Balaban J connectivity index is 2.73. The van der Waals surface area contributed by atoms with Crippen LogP contribution in [0.3, 0.4) is 0 Å². The standard InChI is InChI=1S/C11H10ClF3N4S/c1-16-6-3-4-8(7(12)5-6)19-9(11(13,14)15)17-18(2)10(19)20/h3-5,16H,1-2H3. The molecule has 0 spiro atoms. The van der Waals surface area contributed by atoms with Gasteiger partial charge in [-0.1, -0.05) is 11.6 Å². The van der Waals surface area contributed by atoms with Crippen molar-refractivity contribution >= 4 is 29.5 Å². The maximum Gasteiger partial charge on any atom is 0.452 e. The summed E-state index contributed by atoms with van der Waals surface area (Å²) in [7, 11) is 3.03. The van der Waals surface area contributed by atoms with E-state index in [9.17, 15) is 13.2 Å². The topological polar surface area (TPSA) is 34.8 Å². The van der Waals surface area contributed by atoms with Gasteiger partial charge in [0.05, 0.1) is 10.7 Å². The fourth-order valence-electron chi connectivity index (χ4n) is 1.71. The number of aromatic nitrogens is 3. The third-order valence-electron chi connectivity index (χ3n) is 2.66. The number of halogens is 4. The van der Waals surface area contributed by atoms with Crippen LogP contribution in [0.15, 0.2) is 18.2 Å². The molecular formula is C11H10ClF3N4S. The molecule has 1 N–H and O–H groups in total. The van der Waals surface area contributed by atoms with E-state index in [1.165, 1.54) is 19.2 Å². The van der Waals surface area contributed by atoms with Gasteiger partial charge in [-0.25, -0.2) is 4.68 Å². The molecule has 0 radical (unpaired) electrons. The molecule has 4 nitrogen and oxygen atoms in total. The van der Waals surface area contributed by atoms with Crippen molar-refractivity contribution in [3.05, 3.63) is 33.8 Å². The number of anilines is 1. The average Bonchev–Trinajstić information content (AvgIpc) is 2.66. The van der Waals surface area contributed by atoms with Crippen LogP contribution in [-0.2, 0) is 13.2 Å². The highest BCUT2D eigenvalue weighted by molar-refractivity contribution is 7.71. The van der Waals surface area contributed by atoms with Crippen molar-refractivity contribution in [2.75, 3.05) is 12.4 Å².